The van der Waals surface area contributed by atoms with E-state index in [4.69, 9.17) is 0 Å². The van der Waals surface area contributed by atoms with Crippen molar-refractivity contribution in [2.75, 3.05) is 5.32 Å². The summed E-state index contributed by atoms with van der Waals surface area (Å²) in [6.45, 7) is 6.59. The van der Waals surface area contributed by atoms with Crippen molar-refractivity contribution in [1.82, 2.24) is 24.1 Å². The minimum absolute atomic E-state index is 0.299. The third kappa shape index (κ3) is 2.53. The number of nitrogens with one attached hydrogen (secondary N) is 1. The van der Waals surface area contributed by atoms with Gasteiger partial charge in [0.2, 0.25) is 5.95 Å². The lowest BCUT2D eigenvalue weighted by Gasteiger charge is -2.06. The number of hydrogen-bond acceptors (Lipinski definition) is 4. The number of anilines is 1. The van der Waals surface area contributed by atoms with E-state index in [1.165, 1.54) is 0 Å². The molecule has 0 fully saturated rings. The molecule has 0 aliphatic rings. The van der Waals surface area contributed by atoms with Crippen LogP contribution in [0.25, 0.3) is 16.7 Å². The van der Waals surface area contributed by atoms with Crippen LogP contribution in [-0.4, -0.2) is 30.1 Å². The Hall–Kier alpha value is -3.22. The molecule has 3 heterocycles. The van der Waals surface area contributed by atoms with Crippen molar-refractivity contribution in [3.63, 3.8) is 0 Å². The summed E-state index contributed by atoms with van der Waals surface area (Å²) >= 11 is 0. The SMILES string of the molecule is CCn1c(NC(=O)c2cc3nc(C)cc(C)n3n2)nc2ccccc21. The lowest BCUT2D eigenvalue weighted by Crippen LogP contribution is -2.16. The van der Waals surface area contributed by atoms with E-state index in [0.29, 0.717) is 23.8 Å². The number of nitrogens with zero attached hydrogens (tertiary/aromatic N) is 5. The molecule has 1 N–H and O–H groups in total. The second-order valence-electron chi connectivity index (χ2n) is 5.96. The molecule has 4 aromatic rings. The largest absolute Gasteiger partial charge is 0.310 e. The first-order valence-electron chi connectivity index (χ1n) is 8.17. The predicted molar refractivity (Wildman–Crippen MR) is 95.8 cm³/mol. The van der Waals surface area contributed by atoms with Gasteiger partial charge in [0.15, 0.2) is 11.3 Å². The van der Waals surface area contributed by atoms with Crippen LogP contribution in [0.3, 0.4) is 0 Å². The highest BCUT2D eigenvalue weighted by molar-refractivity contribution is 6.03. The second kappa shape index (κ2) is 5.70. The van der Waals surface area contributed by atoms with Crippen LogP contribution >= 0.6 is 0 Å². The molecule has 3 aromatic heterocycles. The number of amides is 1. The Bertz CT molecular complexity index is 1110. The van der Waals surface area contributed by atoms with Crippen LogP contribution < -0.4 is 5.32 Å². The van der Waals surface area contributed by atoms with Gasteiger partial charge in [0.25, 0.3) is 5.91 Å². The number of carbonyl (C=O) groups excluding carboxylic acids is 1. The van der Waals surface area contributed by atoms with Crippen LogP contribution in [0.5, 0.6) is 0 Å². The van der Waals surface area contributed by atoms with E-state index < -0.39 is 0 Å². The molecular formula is C18H18N6O. The smallest absolute Gasteiger partial charge is 0.278 e. The van der Waals surface area contributed by atoms with Crippen molar-refractivity contribution >= 4 is 28.5 Å². The van der Waals surface area contributed by atoms with Crippen LogP contribution in [0.4, 0.5) is 5.95 Å². The number of aromatic nitrogens is 5. The van der Waals surface area contributed by atoms with Gasteiger partial charge in [-0.2, -0.15) is 5.10 Å². The molecular weight excluding hydrogens is 316 g/mol. The molecule has 0 spiro atoms. The van der Waals surface area contributed by atoms with Crippen LogP contribution in [0, 0.1) is 13.8 Å². The molecule has 0 radical (unpaired) electrons. The average molecular weight is 334 g/mol. The molecule has 126 valence electrons. The maximum atomic E-state index is 12.7. The highest BCUT2D eigenvalue weighted by atomic mass is 16.2. The van der Waals surface area contributed by atoms with Gasteiger partial charge in [-0.15, -0.1) is 0 Å². The summed E-state index contributed by atoms with van der Waals surface area (Å²) in [5.41, 5.74) is 4.64. The minimum atomic E-state index is -0.299. The third-order valence-corrected chi connectivity index (χ3v) is 4.16. The summed E-state index contributed by atoms with van der Waals surface area (Å²) in [6, 6.07) is 11.4. The number of rotatable bonds is 3. The number of imidazole rings is 1. The lowest BCUT2D eigenvalue weighted by atomic mass is 10.3. The topological polar surface area (TPSA) is 77.1 Å². The summed E-state index contributed by atoms with van der Waals surface area (Å²) < 4.78 is 3.64. The molecule has 4 rings (SSSR count). The average Bonchev–Trinajstić information content (AvgIpc) is 3.15. The van der Waals surface area contributed by atoms with E-state index in [9.17, 15) is 4.79 Å². The van der Waals surface area contributed by atoms with Crippen molar-refractivity contribution in [3.05, 3.63) is 53.5 Å². The number of fused-ring (bicyclic) bond motifs is 2. The summed E-state index contributed by atoms with van der Waals surface area (Å²) in [5, 5.41) is 7.24. The maximum absolute atomic E-state index is 12.7. The molecule has 0 aliphatic carbocycles. The Kier molecular flexibility index (Phi) is 3.49. The van der Waals surface area contributed by atoms with Gasteiger partial charge in [-0.05, 0) is 39.0 Å². The van der Waals surface area contributed by atoms with Crippen LogP contribution in [0.2, 0.25) is 0 Å². The summed E-state index contributed by atoms with van der Waals surface area (Å²) in [6.07, 6.45) is 0. The molecule has 0 aliphatic heterocycles. The highest BCUT2D eigenvalue weighted by Crippen LogP contribution is 2.20. The van der Waals surface area contributed by atoms with Gasteiger partial charge in [0.05, 0.1) is 11.0 Å². The van der Waals surface area contributed by atoms with E-state index in [0.717, 1.165) is 22.4 Å². The fourth-order valence-corrected chi connectivity index (χ4v) is 3.05. The summed E-state index contributed by atoms with van der Waals surface area (Å²) in [7, 11) is 0. The van der Waals surface area contributed by atoms with Gasteiger partial charge >= 0.3 is 0 Å². The van der Waals surface area contributed by atoms with E-state index in [1.807, 2.05) is 55.7 Å². The predicted octanol–water partition coefficient (Wildman–Crippen LogP) is 2.97. The second-order valence-corrected chi connectivity index (χ2v) is 5.96. The van der Waals surface area contributed by atoms with Gasteiger partial charge in [0, 0.05) is 24.0 Å². The van der Waals surface area contributed by atoms with E-state index in [-0.39, 0.29) is 5.91 Å². The summed E-state index contributed by atoms with van der Waals surface area (Å²) in [4.78, 5) is 21.6. The van der Waals surface area contributed by atoms with Crippen LogP contribution in [0.15, 0.2) is 36.4 Å². The van der Waals surface area contributed by atoms with E-state index >= 15 is 0 Å². The number of carbonyl (C=O) groups is 1. The molecule has 7 heteroatoms. The molecule has 0 unspecified atom stereocenters. The van der Waals surface area contributed by atoms with Gasteiger partial charge in [-0.25, -0.2) is 14.5 Å². The van der Waals surface area contributed by atoms with E-state index in [2.05, 4.69) is 20.4 Å². The number of hydrogen-bond donors (Lipinski definition) is 1. The Balaban J connectivity index is 1.72. The Morgan fingerprint density at radius 2 is 1.96 bits per heavy atom. The lowest BCUT2D eigenvalue weighted by molar-refractivity contribution is 0.102. The first-order chi connectivity index (χ1) is 12.1. The fourth-order valence-electron chi connectivity index (χ4n) is 3.05. The van der Waals surface area contributed by atoms with Gasteiger partial charge < -0.3 is 4.57 Å². The first kappa shape index (κ1) is 15.3. The van der Waals surface area contributed by atoms with Crippen molar-refractivity contribution in [3.8, 4) is 0 Å². The van der Waals surface area contributed by atoms with Crippen LogP contribution in [-0.2, 0) is 6.54 Å². The molecule has 7 nitrogen and oxygen atoms in total. The monoisotopic (exact) mass is 334 g/mol. The Labute approximate surface area is 144 Å². The molecule has 0 saturated carbocycles. The maximum Gasteiger partial charge on any atom is 0.278 e. The Morgan fingerprint density at radius 1 is 1.16 bits per heavy atom. The van der Waals surface area contributed by atoms with Gasteiger partial charge in [0.1, 0.15) is 0 Å². The molecule has 0 saturated heterocycles. The normalized spacial score (nSPS) is 11.3. The molecule has 0 bridgehead atoms. The highest BCUT2D eigenvalue weighted by Gasteiger charge is 2.17. The van der Waals surface area contributed by atoms with Gasteiger partial charge in [-0.3, -0.25) is 10.1 Å². The third-order valence-electron chi connectivity index (χ3n) is 4.16. The van der Waals surface area contributed by atoms with Gasteiger partial charge in [-0.1, -0.05) is 12.1 Å². The number of aryl methyl sites for hydroxylation is 3. The first-order valence-corrected chi connectivity index (χ1v) is 8.17. The Morgan fingerprint density at radius 3 is 2.76 bits per heavy atom. The zero-order valence-corrected chi connectivity index (χ0v) is 14.3. The zero-order chi connectivity index (χ0) is 17.6. The number of para-hydroxylation sites is 2. The minimum Gasteiger partial charge on any atom is -0.310 e. The zero-order valence-electron chi connectivity index (χ0n) is 14.3. The van der Waals surface area contributed by atoms with E-state index in [1.54, 1.807) is 10.6 Å². The van der Waals surface area contributed by atoms with Crippen molar-refractivity contribution < 1.29 is 4.79 Å². The standard InChI is InChI=1S/C18H18N6O/c1-4-23-15-8-6-5-7-13(15)20-18(23)21-17(25)14-10-16-19-11(2)9-12(3)24(16)22-14/h5-10H,4H2,1-3H3,(H,20,21,25). The summed E-state index contributed by atoms with van der Waals surface area (Å²) in [5.74, 6) is 0.221. The quantitative estimate of drug-likeness (QED) is 0.625. The fraction of sp³-hybridized carbons (Fsp3) is 0.222. The molecule has 1 amide bonds. The molecule has 25 heavy (non-hydrogen) atoms. The van der Waals surface area contributed by atoms with Crippen molar-refractivity contribution in [2.24, 2.45) is 0 Å². The van der Waals surface area contributed by atoms with Crippen molar-refractivity contribution in [1.29, 1.82) is 0 Å². The number of benzene rings is 1. The van der Waals surface area contributed by atoms with Crippen LogP contribution in [0.1, 0.15) is 28.8 Å². The molecule has 1 aromatic carbocycles. The molecule has 0 atom stereocenters. The van der Waals surface area contributed by atoms with Crippen molar-refractivity contribution in [2.45, 2.75) is 27.3 Å².